The van der Waals surface area contributed by atoms with Crippen LogP contribution in [0.25, 0.3) is 10.9 Å². The number of nitrogens with zero attached hydrogens (tertiary/aromatic N) is 1. The first-order chi connectivity index (χ1) is 14.4. The van der Waals surface area contributed by atoms with Crippen molar-refractivity contribution in [2.45, 2.75) is 4.90 Å². The molecule has 0 spiro atoms. The number of hydrogen-bond acceptors (Lipinski definition) is 5. The molecule has 0 unspecified atom stereocenters. The van der Waals surface area contributed by atoms with Gasteiger partial charge in [0.15, 0.2) is 0 Å². The van der Waals surface area contributed by atoms with Crippen LogP contribution in [0.3, 0.4) is 0 Å². The number of carbonyl (C=O) groups is 1. The molecule has 7 nitrogen and oxygen atoms in total. The maximum Gasteiger partial charge on any atom is 0.261 e. The van der Waals surface area contributed by atoms with Gasteiger partial charge >= 0.3 is 0 Å². The van der Waals surface area contributed by atoms with Crippen LogP contribution in [0, 0.1) is 0 Å². The minimum absolute atomic E-state index is 0.0994. The zero-order chi connectivity index (χ0) is 21.1. The van der Waals surface area contributed by atoms with Crippen molar-refractivity contribution in [3.63, 3.8) is 0 Å². The summed E-state index contributed by atoms with van der Waals surface area (Å²) in [6.45, 7) is 0. The van der Waals surface area contributed by atoms with E-state index >= 15 is 0 Å². The molecule has 150 valence electrons. The number of pyridine rings is 1. The monoisotopic (exact) mass is 419 g/mol. The number of nitrogens with two attached hydrogens (primary N) is 1. The van der Waals surface area contributed by atoms with Gasteiger partial charge < -0.3 is 10.1 Å². The predicted molar refractivity (Wildman–Crippen MR) is 114 cm³/mol. The Bertz CT molecular complexity index is 1340. The molecule has 0 radical (unpaired) electrons. The van der Waals surface area contributed by atoms with Crippen LogP contribution in [0.5, 0.6) is 11.6 Å². The molecule has 4 rings (SSSR count). The van der Waals surface area contributed by atoms with Crippen molar-refractivity contribution in [3.05, 3.63) is 90.5 Å². The Morgan fingerprint density at radius 2 is 1.63 bits per heavy atom. The van der Waals surface area contributed by atoms with Gasteiger partial charge in [-0.15, -0.1) is 0 Å². The van der Waals surface area contributed by atoms with Gasteiger partial charge in [0.2, 0.25) is 15.9 Å². The number of ether oxygens (including phenoxy) is 1. The number of rotatable bonds is 5. The fourth-order valence-electron chi connectivity index (χ4n) is 2.89. The Labute approximate surface area is 173 Å². The number of anilines is 1. The highest BCUT2D eigenvalue weighted by Gasteiger charge is 2.18. The summed E-state index contributed by atoms with van der Waals surface area (Å²) >= 11 is 0. The van der Waals surface area contributed by atoms with Crippen molar-refractivity contribution in [2.75, 3.05) is 5.32 Å². The van der Waals surface area contributed by atoms with E-state index in [2.05, 4.69) is 10.3 Å². The topological polar surface area (TPSA) is 111 Å². The summed E-state index contributed by atoms with van der Waals surface area (Å²) in [5, 5.41) is 8.62. The van der Waals surface area contributed by atoms with Gasteiger partial charge in [0.05, 0.1) is 10.4 Å². The van der Waals surface area contributed by atoms with Crippen LogP contribution in [0.4, 0.5) is 5.69 Å². The van der Waals surface area contributed by atoms with Crippen LogP contribution in [-0.4, -0.2) is 19.3 Å². The number of primary sulfonamides is 1. The minimum Gasteiger partial charge on any atom is -0.438 e. The van der Waals surface area contributed by atoms with Crippen molar-refractivity contribution in [1.82, 2.24) is 4.98 Å². The summed E-state index contributed by atoms with van der Waals surface area (Å²) in [5.74, 6) is 0.177. The standard InChI is InChI=1S/C22H17N3O4S/c23-30(27,28)18-11-6-8-16(14-18)24-21(26)19-13-15-7-4-5-12-20(15)25-22(19)29-17-9-2-1-3-10-17/h1-14H,(H,24,26)(H2,23,27,28). The van der Waals surface area contributed by atoms with Gasteiger partial charge in [-0.2, -0.15) is 0 Å². The van der Waals surface area contributed by atoms with Crippen LogP contribution < -0.4 is 15.2 Å². The van der Waals surface area contributed by atoms with Gasteiger partial charge in [0, 0.05) is 11.1 Å². The number of fused-ring (bicyclic) bond motifs is 1. The number of sulfonamides is 1. The lowest BCUT2D eigenvalue weighted by molar-refractivity contribution is 0.102. The fraction of sp³-hybridized carbons (Fsp3) is 0. The third kappa shape index (κ3) is 4.29. The summed E-state index contributed by atoms with van der Waals surface area (Å²) in [6, 6.07) is 23.7. The zero-order valence-electron chi connectivity index (χ0n) is 15.6. The third-order valence-electron chi connectivity index (χ3n) is 4.31. The number of para-hydroxylation sites is 2. The molecule has 1 heterocycles. The summed E-state index contributed by atoms with van der Waals surface area (Å²) < 4.78 is 29.0. The molecule has 30 heavy (non-hydrogen) atoms. The lowest BCUT2D eigenvalue weighted by Crippen LogP contribution is -2.16. The van der Waals surface area contributed by atoms with Gasteiger partial charge in [-0.1, -0.05) is 42.5 Å². The molecule has 8 heteroatoms. The average Bonchev–Trinajstić information content (AvgIpc) is 2.73. The molecule has 4 aromatic rings. The maximum absolute atomic E-state index is 13.0. The fourth-order valence-corrected chi connectivity index (χ4v) is 3.45. The van der Waals surface area contributed by atoms with Gasteiger partial charge in [-0.3, -0.25) is 4.79 Å². The van der Waals surface area contributed by atoms with E-state index in [-0.39, 0.29) is 22.0 Å². The quantitative estimate of drug-likeness (QED) is 0.509. The number of carbonyl (C=O) groups excluding carboxylic acids is 1. The smallest absolute Gasteiger partial charge is 0.261 e. The molecule has 0 aliphatic heterocycles. The number of benzene rings is 3. The molecule has 3 aromatic carbocycles. The summed E-state index contributed by atoms with van der Waals surface area (Å²) in [6.07, 6.45) is 0. The maximum atomic E-state index is 13.0. The normalized spacial score (nSPS) is 11.2. The lowest BCUT2D eigenvalue weighted by atomic mass is 10.1. The molecule has 1 amide bonds. The molecule has 0 aliphatic rings. The highest BCUT2D eigenvalue weighted by molar-refractivity contribution is 7.89. The van der Waals surface area contributed by atoms with Crippen molar-refractivity contribution in [2.24, 2.45) is 5.14 Å². The van der Waals surface area contributed by atoms with E-state index < -0.39 is 15.9 Å². The molecule has 3 N–H and O–H groups in total. The van der Waals surface area contributed by atoms with Crippen LogP contribution in [-0.2, 0) is 10.0 Å². The zero-order valence-corrected chi connectivity index (χ0v) is 16.5. The first kappa shape index (κ1) is 19.6. The van der Waals surface area contributed by atoms with E-state index in [9.17, 15) is 13.2 Å². The van der Waals surface area contributed by atoms with E-state index in [0.29, 0.717) is 11.3 Å². The van der Waals surface area contributed by atoms with Crippen molar-refractivity contribution in [3.8, 4) is 11.6 Å². The molecular weight excluding hydrogens is 402 g/mol. The SMILES string of the molecule is NS(=O)(=O)c1cccc(NC(=O)c2cc3ccccc3nc2Oc2ccccc2)c1. The largest absolute Gasteiger partial charge is 0.438 e. The van der Waals surface area contributed by atoms with E-state index in [1.165, 1.54) is 18.2 Å². The highest BCUT2D eigenvalue weighted by Crippen LogP contribution is 2.28. The van der Waals surface area contributed by atoms with Crippen molar-refractivity contribution in [1.29, 1.82) is 0 Å². The predicted octanol–water partition coefficient (Wildman–Crippen LogP) is 3.93. The van der Waals surface area contributed by atoms with Crippen molar-refractivity contribution >= 4 is 32.5 Å². The molecule has 0 atom stereocenters. The summed E-state index contributed by atoms with van der Waals surface area (Å²) in [4.78, 5) is 17.4. The Hall–Kier alpha value is -3.75. The molecule has 1 aromatic heterocycles. The van der Waals surface area contributed by atoms with E-state index in [1.807, 2.05) is 42.5 Å². The van der Waals surface area contributed by atoms with Crippen LogP contribution >= 0.6 is 0 Å². The molecule has 0 saturated heterocycles. The van der Waals surface area contributed by atoms with Gasteiger partial charge in [-0.05, 0) is 42.5 Å². The van der Waals surface area contributed by atoms with E-state index in [0.717, 1.165) is 5.39 Å². The van der Waals surface area contributed by atoms with Crippen LogP contribution in [0.2, 0.25) is 0 Å². The molecular formula is C22H17N3O4S. The summed E-state index contributed by atoms with van der Waals surface area (Å²) in [7, 11) is -3.89. The molecule has 0 fully saturated rings. The van der Waals surface area contributed by atoms with Crippen molar-refractivity contribution < 1.29 is 17.9 Å². The minimum atomic E-state index is -3.89. The molecule has 0 bridgehead atoms. The Morgan fingerprint density at radius 3 is 2.40 bits per heavy atom. The van der Waals surface area contributed by atoms with Gasteiger partial charge in [0.25, 0.3) is 5.91 Å². The third-order valence-corrected chi connectivity index (χ3v) is 5.22. The number of hydrogen-bond donors (Lipinski definition) is 2. The van der Waals surface area contributed by atoms with E-state index in [4.69, 9.17) is 9.88 Å². The average molecular weight is 419 g/mol. The Morgan fingerprint density at radius 1 is 0.900 bits per heavy atom. The summed E-state index contributed by atoms with van der Waals surface area (Å²) in [5.41, 5.74) is 1.17. The number of nitrogens with one attached hydrogen (secondary N) is 1. The second kappa shape index (κ2) is 7.94. The first-order valence-electron chi connectivity index (χ1n) is 8.97. The number of amides is 1. The second-order valence-electron chi connectivity index (χ2n) is 6.48. The molecule has 0 aliphatic carbocycles. The Balaban J connectivity index is 1.73. The molecule has 0 saturated carbocycles. The van der Waals surface area contributed by atoms with Crippen LogP contribution in [0.1, 0.15) is 10.4 Å². The number of aromatic nitrogens is 1. The second-order valence-corrected chi connectivity index (χ2v) is 8.04. The van der Waals surface area contributed by atoms with Gasteiger partial charge in [-0.25, -0.2) is 18.5 Å². The lowest BCUT2D eigenvalue weighted by Gasteiger charge is -2.12. The Kier molecular flexibility index (Phi) is 5.18. The highest BCUT2D eigenvalue weighted by atomic mass is 32.2. The van der Waals surface area contributed by atoms with Gasteiger partial charge in [0.1, 0.15) is 11.3 Å². The van der Waals surface area contributed by atoms with E-state index in [1.54, 1.807) is 24.3 Å². The first-order valence-corrected chi connectivity index (χ1v) is 10.5. The van der Waals surface area contributed by atoms with Crippen LogP contribution in [0.15, 0.2) is 89.8 Å².